The number of carbonyl (C=O) groups is 2. The third-order valence-corrected chi connectivity index (χ3v) is 2.58. The highest BCUT2D eigenvalue weighted by Crippen LogP contribution is 2.27. The quantitative estimate of drug-likeness (QED) is 0.451. The van der Waals surface area contributed by atoms with Gasteiger partial charge >= 0.3 is 11.9 Å². The first-order chi connectivity index (χ1) is 9.32. The summed E-state index contributed by atoms with van der Waals surface area (Å²) in [5.74, 6) is -2.15. The number of carboxylic acid groups (broad SMARTS) is 1. The van der Waals surface area contributed by atoms with Gasteiger partial charge in [0.2, 0.25) is 0 Å². The van der Waals surface area contributed by atoms with Crippen molar-refractivity contribution in [3.05, 3.63) is 39.9 Å². The number of esters is 1. The second kappa shape index (κ2) is 6.62. The first kappa shape index (κ1) is 15.6. The Hall–Kier alpha value is -2.48. The number of benzene rings is 1. The molecule has 0 aliphatic rings. The van der Waals surface area contributed by atoms with Gasteiger partial charge in [-0.2, -0.15) is 0 Å². The van der Waals surface area contributed by atoms with Crippen molar-refractivity contribution in [2.75, 3.05) is 0 Å². The fraction of sp³-hybridized carbons (Fsp3) is 0.333. The van der Waals surface area contributed by atoms with E-state index in [1.807, 2.05) is 0 Å². The Morgan fingerprint density at radius 2 is 2.05 bits per heavy atom. The van der Waals surface area contributed by atoms with Gasteiger partial charge in [-0.05, 0) is 13.0 Å². The van der Waals surface area contributed by atoms with Gasteiger partial charge in [-0.3, -0.25) is 19.7 Å². The van der Waals surface area contributed by atoms with E-state index in [2.05, 4.69) is 0 Å². The summed E-state index contributed by atoms with van der Waals surface area (Å²) < 4.78 is 4.96. The number of nitrogens with zero attached hydrogens (tertiary/aromatic N) is 1. The molecule has 1 aromatic rings. The average molecular weight is 282 g/mol. The molecule has 0 radical (unpaired) electrons. The van der Waals surface area contributed by atoms with Crippen molar-refractivity contribution in [3.8, 4) is 0 Å². The maximum absolute atomic E-state index is 11.5. The number of hydrogen-bond acceptors (Lipinski definition) is 6. The predicted molar refractivity (Wildman–Crippen MR) is 67.8 cm³/mol. The second-order valence-corrected chi connectivity index (χ2v) is 4.10. The van der Waals surface area contributed by atoms with Crippen molar-refractivity contribution in [2.24, 2.45) is 5.73 Å². The highest BCUT2D eigenvalue weighted by molar-refractivity contribution is 5.81. The van der Waals surface area contributed by atoms with Crippen molar-refractivity contribution in [1.82, 2.24) is 0 Å². The van der Waals surface area contributed by atoms with Crippen molar-refractivity contribution < 1.29 is 24.4 Å². The van der Waals surface area contributed by atoms with Crippen LogP contribution in [0.25, 0.3) is 0 Å². The van der Waals surface area contributed by atoms with Crippen LogP contribution in [0.3, 0.4) is 0 Å². The number of hydrogen-bond donors (Lipinski definition) is 2. The number of nitro groups is 1. The number of rotatable bonds is 6. The molecule has 1 rings (SSSR count). The van der Waals surface area contributed by atoms with Crippen LogP contribution in [0.4, 0.5) is 5.69 Å². The van der Waals surface area contributed by atoms with Crippen molar-refractivity contribution >= 4 is 17.6 Å². The molecule has 0 aliphatic heterocycles. The van der Waals surface area contributed by atoms with E-state index >= 15 is 0 Å². The number of ether oxygens (including phenoxy) is 1. The molecule has 3 N–H and O–H groups in total. The van der Waals surface area contributed by atoms with Crippen LogP contribution in [0.1, 0.15) is 25.0 Å². The summed E-state index contributed by atoms with van der Waals surface area (Å²) in [6.07, 6.45) is -1.37. The van der Waals surface area contributed by atoms with Gasteiger partial charge < -0.3 is 15.6 Å². The maximum atomic E-state index is 11.5. The number of aliphatic carboxylic acids is 1. The van der Waals surface area contributed by atoms with Crippen LogP contribution < -0.4 is 5.73 Å². The molecule has 0 spiro atoms. The SMILES string of the molecule is C[C@H](OC(=O)C[C@H](N)C(=O)O)c1ccccc1[N+](=O)[O-]. The molecule has 0 saturated carbocycles. The first-order valence-electron chi connectivity index (χ1n) is 5.74. The molecule has 0 amide bonds. The van der Waals surface area contributed by atoms with E-state index in [9.17, 15) is 19.7 Å². The second-order valence-electron chi connectivity index (χ2n) is 4.10. The number of carbonyl (C=O) groups excluding carboxylic acids is 1. The number of carboxylic acids is 1. The number of para-hydroxylation sites is 1. The molecule has 8 heteroatoms. The van der Waals surface area contributed by atoms with Crippen LogP contribution in [0.15, 0.2) is 24.3 Å². The van der Waals surface area contributed by atoms with Gasteiger partial charge in [0.1, 0.15) is 12.1 Å². The van der Waals surface area contributed by atoms with E-state index in [1.165, 1.54) is 25.1 Å². The van der Waals surface area contributed by atoms with Gasteiger partial charge in [-0.25, -0.2) is 0 Å². The molecule has 0 heterocycles. The lowest BCUT2D eigenvalue weighted by Crippen LogP contribution is -2.33. The van der Waals surface area contributed by atoms with Crippen LogP contribution in [-0.4, -0.2) is 28.0 Å². The van der Waals surface area contributed by atoms with Crippen molar-refractivity contribution in [3.63, 3.8) is 0 Å². The normalized spacial score (nSPS) is 13.3. The summed E-state index contributed by atoms with van der Waals surface area (Å²) in [5, 5.41) is 19.4. The average Bonchev–Trinajstić information content (AvgIpc) is 2.38. The lowest BCUT2D eigenvalue weighted by molar-refractivity contribution is -0.386. The van der Waals surface area contributed by atoms with Gasteiger partial charge in [0.05, 0.1) is 16.9 Å². The molecule has 0 fully saturated rings. The van der Waals surface area contributed by atoms with E-state index in [1.54, 1.807) is 6.07 Å². The van der Waals surface area contributed by atoms with E-state index in [0.717, 1.165) is 0 Å². The Kier molecular flexibility index (Phi) is 5.15. The summed E-state index contributed by atoms with van der Waals surface area (Å²) in [5.41, 5.74) is 5.26. The smallest absolute Gasteiger partial charge is 0.321 e. The molecule has 0 bridgehead atoms. The van der Waals surface area contributed by atoms with Crippen LogP contribution in [-0.2, 0) is 14.3 Å². The van der Waals surface area contributed by atoms with Crippen LogP contribution in [0.2, 0.25) is 0 Å². The summed E-state index contributed by atoms with van der Waals surface area (Å²) in [4.78, 5) is 32.3. The zero-order valence-electron chi connectivity index (χ0n) is 10.7. The molecule has 0 aliphatic carbocycles. The number of nitrogens with two attached hydrogens (primary N) is 1. The highest BCUT2D eigenvalue weighted by atomic mass is 16.6. The first-order valence-corrected chi connectivity index (χ1v) is 5.74. The molecule has 0 saturated heterocycles. The minimum Gasteiger partial charge on any atom is -0.480 e. The van der Waals surface area contributed by atoms with Crippen LogP contribution in [0, 0.1) is 10.1 Å². The molecule has 0 unspecified atom stereocenters. The van der Waals surface area contributed by atoms with Crippen molar-refractivity contribution in [1.29, 1.82) is 0 Å². The largest absolute Gasteiger partial charge is 0.480 e. The lowest BCUT2D eigenvalue weighted by Gasteiger charge is -2.14. The topological polar surface area (TPSA) is 133 Å². The van der Waals surface area contributed by atoms with Gasteiger partial charge in [0.15, 0.2) is 0 Å². The lowest BCUT2D eigenvalue weighted by atomic mass is 10.1. The summed E-state index contributed by atoms with van der Waals surface area (Å²) >= 11 is 0. The summed E-state index contributed by atoms with van der Waals surface area (Å²) in [6.45, 7) is 1.46. The number of nitro benzene ring substituents is 1. The van der Waals surface area contributed by atoms with Crippen LogP contribution >= 0.6 is 0 Å². The van der Waals surface area contributed by atoms with Gasteiger partial charge in [-0.1, -0.05) is 12.1 Å². The van der Waals surface area contributed by atoms with E-state index in [-0.39, 0.29) is 11.3 Å². The van der Waals surface area contributed by atoms with Crippen LogP contribution in [0.5, 0.6) is 0 Å². The fourth-order valence-corrected chi connectivity index (χ4v) is 1.57. The zero-order chi connectivity index (χ0) is 15.3. The summed E-state index contributed by atoms with van der Waals surface area (Å²) in [6, 6.07) is 4.47. The van der Waals surface area contributed by atoms with Gasteiger partial charge in [0, 0.05) is 6.07 Å². The zero-order valence-corrected chi connectivity index (χ0v) is 10.7. The Labute approximate surface area is 114 Å². The Morgan fingerprint density at radius 3 is 2.60 bits per heavy atom. The molecule has 1 aromatic carbocycles. The molecular weight excluding hydrogens is 268 g/mol. The Balaban J connectivity index is 2.77. The molecule has 20 heavy (non-hydrogen) atoms. The third kappa shape index (κ3) is 4.02. The summed E-state index contributed by atoms with van der Waals surface area (Å²) in [7, 11) is 0. The molecule has 0 aromatic heterocycles. The molecular formula is C12H14N2O6. The molecule has 8 nitrogen and oxygen atoms in total. The molecule has 2 atom stereocenters. The highest BCUT2D eigenvalue weighted by Gasteiger charge is 2.23. The maximum Gasteiger partial charge on any atom is 0.321 e. The Morgan fingerprint density at radius 1 is 1.45 bits per heavy atom. The fourth-order valence-electron chi connectivity index (χ4n) is 1.57. The predicted octanol–water partition coefficient (Wildman–Crippen LogP) is 1.00. The minimum absolute atomic E-state index is 0.171. The Bertz CT molecular complexity index is 530. The van der Waals surface area contributed by atoms with E-state index in [4.69, 9.17) is 15.6 Å². The van der Waals surface area contributed by atoms with Gasteiger partial charge in [0.25, 0.3) is 5.69 Å². The minimum atomic E-state index is -1.36. The van der Waals surface area contributed by atoms with E-state index in [0.29, 0.717) is 0 Å². The third-order valence-electron chi connectivity index (χ3n) is 2.58. The standard InChI is InChI=1S/C12H14N2O6/c1-7(20-11(15)6-9(13)12(16)17)8-4-2-3-5-10(8)14(18)19/h2-5,7,9H,6,13H2,1H3,(H,16,17)/t7-,9-/m0/s1. The van der Waals surface area contributed by atoms with Gasteiger partial charge in [-0.15, -0.1) is 0 Å². The van der Waals surface area contributed by atoms with E-state index < -0.39 is 35.4 Å². The van der Waals surface area contributed by atoms with Crippen molar-refractivity contribution in [2.45, 2.75) is 25.5 Å². The molecule has 108 valence electrons. The monoisotopic (exact) mass is 282 g/mol.